The average molecular weight is 195 g/mol. The van der Waals surface area contributed by atoms with E-state index in [1.807, 2.05) is 0 Å². The lowest BCUT2D eigenvalue weighted by atomic mass is 10.2. The first-order chi connectivity index (χ1) is 6.67. The minimum absolute atomic E-state index is 0.254. The van der Waals surface area contributed by atoms with Crippen molar-refractivity contribution in [3.05, 3.63) is 23.8 Å². The standard InChI is InChI=1S/C9H9NO4/c1-14-8-3-2-6(5-11)4-7(8)10-9(12)13/h2-5,10H,1H3,(H,12,13). The van der Waals surface area contributed by atoms with Gasteiger partial charge in [-0.05, 0) is 18.2 Å². The second-order valence-corrected chi connectivity index (χ2v) is 2.51. The minimum Gasteiger partial charge on any atom is -0.495 e. The fourth-order valence-corrected chi connectivity index (χ4v) is 1.01. The number of aldehydes is 1. The summed E-state index contributed by atoms with van der Waals surface area (Å²) in [6, 6.07) is 4.47. The van der Waals surface area contributed by atoms with Crippen molar-refractivity contribution in [3.63, 3.8) is 0 Å². The Labute approximate surface area is 80.3 Å². The van der Waals surface area contributed by atoms with E-state index < -0.39 is 6.09 Å². The van der Waals surface area contributed by atoms with Crippen LogP contribution in [0.2, 0.25) is 0 Å². The Kier molecular flexibility index (Phi) is 3.06. The molecule has 1 aromatic rings. The van der Waals surface area contributed by atoms with E-state index in [0.717, 1.165) is 0 Å². The summed E-state index contributed by atoms with van der Waals surface area (Å²) in [5.74, 6) is 0.373. The van der Waals surface area contributed by atoms with Gasteiger partial charge in [-0.1, -0.05) is 0 Å². The maximum Gasteiger partial charge on any atom is 0.409 e. The van der Waals surface area contributed by atoms with Crippen molar-refractivity contribution < 1.29 is 19.4 Å². The molecule has 0 fully saturated rings. The van der Waals surface area contributed by atoms with Gasteiger partial charge in [-0.3, -0.25) is 10.1 Å². The second kappa shape index (κ2) is 4.27. The normalized spacial score (nSPS) is 9.21. The Bertz CT molecular complexity index is 362. The van der Waals surface area contributed by atoms with Gasteiger partial charge in [-0.15, -0.1) is 0 Å². The lowest BCUT2D eigenvalue weighted by Crippen LogP contribution is -2.08. The van der Waals surface area contributed by atoms with E-state index in [4.69, 9.17) is 9.84 Å². The van der Waals surface area contributed by atoms with Gasteiger partial charge in [0.1, 0.15) is 12.0 Å². The maximum absolute atomic E-state index is 10.4. The molecule has 0 saturated carbocycles. The molecule has 0 saturated heterocycles. The van der Waals surface area contributed by atoms with Gasteiger partial charge in [0, 0.05) is 5.56 Å². The summed E-state index contributed by atoms with van der Waals surface area (Å²) < 4.78 is 4.90. The van der Waals surface area contributed by atoms with Crippen molar-refractivity contribution in [3.8, 4) is 5.75 Å². The molecule has 0 aromatic heterocycles. The Morgan fingerprint density at radius 1 is 1.57 bits per heavy atom. The van der Waals surface area contributed by atoms with Crippen LogP contribution in [0.4, 0.5) is 10.5 Å². The average Bonchev–Trinajstić information content (AvgIpc) is 2.16. The van der Waals surface area contributed by atoms with Crippen LogP contribution in [0.3, 0.4) is 0 Å². The van der Waals surface area contributed by atoms with Crippen molar-refractivity contribution in [2.45, 2.75) is 0 Å². The molecule has 1 rings (SSSR count). The fraction of sp³-hybridized carbons (Fsp3) is 0.111. The van der Waals surface area contributed by atoms with E-state index in [1.165, 1.54) is 19.2 Å². The molecule has 2 N–H and O–H groups in total. The number of anilines is 1. The molecule has 74 valence electrons. The van der Waals surface area contributed by atoms with E-state index in [9.17, 15) is 9.59 Å². The van der Waals surface area contributed by atoms with Crippen LogP contribution in [-0.4, -0.2) is 24.6 Å². The SMILES string of the molecule is COc1ccc(C=O)cc1NC(=O)O. The molecule has 0 aliphatic heterocycles. The third kappa shape index (κ3) is 2.22. The molecule has 0 bridgehead atoms. The van der Waals surface area contributed by atoms with Crippen LogP contribution >= 0.6 is 0 Å². The highest BCUT2D eigenvalue weighted by Gasteiger charge is 2.06. The summed E-state index contributed by atoms with van der Waals surface area (Å²) in [5, 5.41) is 10.6. The molecule has 0 spiro atoms. The van der Waals surface area contributed by atoms with Crippen molar-refractivity contribution in [2.75, 3.05) is 12.4 Å². The summed E-state index contributed by atoms with van der Waals surface area (Å²) in [4.78, 5) is 20.8. The maximum atomic E-state index is 10.4. The molecule has 5 nitrogen and oxygen atoms in total. The number of methoxy groups -OCH3 is 1. The van der Waals surface area contributed by atoms with Gasteiger partial charge in [0.05, 0.1) is 12.8 Å². The highest BCUT2D eigenvalue weighted by molar-refractivity contribution is 5.88. The number of carbonyl (C=O) groups is 2. The van der Waals surface area contributed by atoms with Gasteiger partial charge in [-0.25, -0.2) is 4.79 Å². The Morgan fingerprint density at radius 2 is 2.29 bits per heavy atom. The molecule has 0 unspecified atom stereocenters. The Morgan fingerprint density at radius 3 is 2.79 bits per heavy atom. The predicted octanol–water partition coefficient (Wildman–Crippen LogP) is 1.60. The summed E-state index contributed by atoms with van der Waals surface area (Å²) in [6.07, 6.45) is -0.571. The van der Waals surface area contributed by atoms with Crippen LogP contribution in [0, 0.1) is 0 Å². The number of amides is 1. The molecule has 0 aliphatic carbocycles. The molecule has 14 heavy (non-hydrogen) atoms. The fourth-order valence-electron chi connectivity index (χ4n) is 1.01. The number of carbonyl (C=O) groups excluding carboxylic acids is 1. The van der Waals surface area contributed by atoms with Gasteiger partial charge < -0.3 is 9.84 Å². The lowest BCUT2D eigenvalue weighted by molar-refractivity contribution is 0.112. The molecule has 0 radical (unpaired) electrons. The molecule has 0 aliphatic rings. The zero-order valence-electron chi connectivity index (χ0n) is 7.48. The van der Waals surface area contributed by atoms with E-state index in [2.05, 4.69) is 5.32 Å². The third-order valence-corrected chi connectivity index (χ3v) is 1.60. The molecule has 1 amide bonds. The van der Waals surface area contributed by atoms with Gasteiger partial charge >= 0.3 is 6.09 Å². The van der Waals surface area contributed by atoms with Crippen LogP contribution in [0.25, 0.3) is 0 Å². The van der Waals surface area contributed by atoms with Crippen LogP contribution in [-0.2, 0) is 0 Å². The van der Waals surface area contributed by atoms with E-state index >= 15 is 0 Å². The number of carboxylic acid groups (broad SMARTS) is 1. The molecule has 0 atom stereocenters. The number of hydrogen-bond donors (Lipinski definition) is 2. The summed E-state index contributed by atoms with van der Waals surface area (Å²) in [6.45, 7) is 0. The lowest BCUT2D eigenvalue weighted by Gasteiger charge is -2.07. The Balaban J connectivity index is 3.07. The zero-order chi connectivity index (χ0) is 10.6. The number of benzene rings is 1. The molecule has 1 aromatic carbocycles. The highest BCUT2D eigenvalue weighted by Crippen LogP contribution is 2.24. The first-order valence-corrected chi connectivity index (χ1v) is 3.80. The first-order valence-electron chi connectivity index (χ1n) is 3.80. The van der Waals surface area contributed by atoms with Crippen molar-refractivity contribution in [1.29, 1.82) is 0 Å². The zero-order valence-corrected chi connectivity index (χ0v) is 7.48. The highest BCUT2D eigenvalue weighted by atomic mass is 16.5. The molecular weight excluding hydrogens is 186 g/mol. The van der Waals surface area contributed by atoms with Gasteiger partial charge in [0.2, 0.25) is 0 Å². The quantitative estimate of drug-likeness (QED) is 0.718. The molecule has 5 heteroatoms. The predicted molar refractivity (Wildman–Crippen MR) is 50.0 cm³/mol. The number of ether oxygens (including phenoxy) is 1. The third-order valence-electron chi connectivity index (χ3n) is 1.60. The topological polar surface area (TPSA) is 75.6 Å². The van der Waals surface area contributed by atoms with Crippen LogP contribution < -0.4 is 10.1 Å². The molecule has 0 heterocycles. The summed E-state index contributed by atoms with van der Waals surface area (Å²) >= 11 is 0. The van der Waals surface area contributed by atoms with Crippen molar-refractivity contribution in [1.82, 2.24) is 0 Å². The number of hydrogen-bond acceptors (Lipinski definition) is 3. The second-order valence-electron chi connectivity index (χ2n) is 2.51. The van der Waals surface area contributed by atoms with Crippen molar-refractivity contribution >= 4 is 18.1 Å². The van der Waals surface area contributed by atoms with Crippen LogP contribution in [0.1, 0.15) is 10.4 Å². The number of rotatable bonds is 3. The first kappa shape index (κ1) is 10.0. The minimum atomic E-state index is -1.20. The molecular formula is C9H9NO4. The van der Waals surface area contributed by atoms with E-state index in [0.29, 0.717) is 17.6 Å². The van der Waals surface area contributed by atoms with Crippen LogP contribution in [0.15, 0.2) is 18.2 Å². The van der Waals surface area contributed by atoms with E-state index in [1.54, 1.807) is 6.07 Å². The monoisotopic (exact) mass is 195 g/mol. The van der Waals surface area contributed by atoms with Gasteiger partial charge in [-0.2, -0.15) is 0 Å². The van der Waals surface area contributed by atoms with Crippen molar-refractivity contribution in [2.24, 2.45) is 0 Å². The number of nitrogens with one attached hydrogen (secondary N) is 1. The largest absolute Gasteiger partial charge is 0.495 e. The van der Waals surface area contributed by atoms with Gasteiger partial charge in [0.25, 0.3) is 0 Å². The van der Waals surface area contributed by atoms with E-state index in [-0.39, 0.29) is 5.69 Å². The van der Waals surface area contributed by atoms with Crippen LogP contribution in [0.5, 0.6) is 5.75 Å². The Hall–Kier alpha value is -2.04. The summed E-state index contributed by atoms with van der Waals surface area (Å²) in [7, 11) is 1.42. The summed E-state index contributed by atoms with van der Waals surface area (Å²) in [5.41, 5.74) is 0.638. The smallest absolute Gasteiger partial charge is 0.409 e. The van der Waals surface area contributed by atoms with Gasteiger partial charge in [0.15, 0.2) is 0 Å².